The summed E-state index contributed by atoms with van der Waals surface area (Å²) in [6, 6.07) is 1.83. The number of hydrogen-bond donors (Lipinski definition) is 0. The van der Waals surface area contributed by atoms with E-state index in [2.05, 4.69) is 17.0 Å². The average molecular weight is 319 g/mol. The molecule has 1 aliphatic carbocycles. The Morgan fingerprint density at radius 2 is 2.17 bits per heavy atom. The number of hydrogen-bond acceptors (Lipinski definition) is 5. The summed E-state index contributed by atoms with van der Waals surface area (Å²) in [5, 5.41) is 3.99. The number of nitrogens with zero attached hydrogens (tertiary/aromatic N) is 3. The van der Waals surface area contributed by atoms with Crippen molar-refractivity contribution < 1.29 is 14.1 Å². The third-order valence-electron chi connectivity index (χ3n) is 5.39. The van der Waals surface area contributed by atoms with Crippen molar-refractivity contribution >= 4 is 5.91 Å². The molecule has 0 bridgehead atoms. The predicted molar refractivity (Wildman–Crippen MR) is 84.3 cm³/mol. The molecule has 2 atom stereocenters. The summed E-state index contributed by atoms with van der Waals surface area (Å²) in [5.74, 6) is 1.87. The SMILES string of the molecule is CCN1CCOC2CN(C(=O)c3cc(C4CC4)on3)CCC2C1. The van der Waals surface area contributed by atoms with Gasteiger partial charge in [-0.25, -0.2) is 0 Å². The van der Waals surface area contributed by atoms with Crippen molar-refractivity contribution in [1.82, 2.24) is 15.0 Å². The van der Waals surface area contributed by atoms with Gasteiger partial charge in [0.2, 0.25) is 0 Å². The lowest BCUT2D eigenvalue weighted by atomic mass is 9.93. The molecule has 0 N–H and O–H groups in total. The zero-order valence-electron chi connectivity index (χ0n) is 13.7. The van der Waals surface area contributed by atoms with Gasteiger partial charge >= 0.3 is 0 Å². The average Bonchev–Trinajstić information content (AvgIpc) is 3.35. The number of likely N-dealkylation sites (tertiary alicyclic amines) is 1. The minimum absolute atomic E-state index is 0.0145. The Bertz CT molecular complexity index is 569. The quantitative estimate of drug-likeness (QED) is 0.849. The molecule has 126 valence electrons. The first-order valence-corrected chi connectivity index (χ1v) is 8.84. The molecule has 1 aromatic heterocycles. The van der Waals surface area contributed by atoms with Crippen LogP contribution < -0.4 is 0 Å². The van der Waals surface area contributed by atoms with Crippen molar-refractivity contribution in [3.05, 3.63) is 17.5 Å². The smallest absolute Gasteiger partial charge is 0.276 e. The Morgan fingerprint density at radius 3 is 2.96 bits per heavy atom. The summed E-state index contributed by atoms with van der Waals surface area (Å²) in [6.45, 7) is 7.55. The molecule has 23 heavy (non-hydrogen) atoms. The molecule has 4 rings (SSSR count). The van der Waals surface area contributed by atoms with Gasteiger partial charge in [0, 0.05) is 44.1 Å². The van der Waals surface area contributed by atoms with Gasteiger partial charge in [0.05, 0.1) is 12.7 Å². The van der Waals surface area contributed by atoms with Crippen LogP contribution in [-0.2, 0) is 4.74 Å². The van der Waals surface area contributed by atoms with Crippen LogP contribution in [0.5, 0.6) is 0 Å². The highest BCUT2D eigenvalue weighted by Crippen LogP contribution is 2.40. The number of ether oxygens (including phenoxy) is 1. The van der Waals surface area contributed by atoms with Crippen LogP contribution >= 0.6 is 0 Å². The highest BCUT2D eigenvalue weighted by molar-refractivity contribution is 5.92. The Balaban J connectivity index is 1.41. The molecule has 3 fully saturated rings. The van der Waals surface area contributed by atoms with Gasteiger partial charge in [0.15, 0.2) is 5.69 Å². The van der Waals surface area contributed by atoms with Crippen LogP contribution in [0.25, 0.3) is 0 Å². The monoisotopic (exact) mass is 319 g/mol. The van der Waals surface area contributed by atoms with E-state index in [9.17, 15) is 4.79 Å². The van der Waals surface area contributed by atoms with E-state index in [0.717, 1.165) is 57.8 Å². The topological polar surface area (TPSA) is 58.8 Å². The minimum Gasteiger partial charge on any atom is -0.375 e. The summed E-state index contributed by atoms with van der Waals surface area (Å²) in [5.41, 5.74) is 0.453. The van der Waals surface area contributed by atoms with Gasteiger partial charge in [-0.2, -0.15) is 0 Å². The minimum atomic E-state index is -0.0145. The van der Waals surface area contributed by atoms with Gasteiger partial charge < -0.3 is 19.1 Å². The van der Waals surface area contributed by atoms with Gasteiger partial charge in [-0.1, -0.05) is 12.1 Å². The Hall–Kier alpha value is -1.40. The van der Waals surface area contributed by atoms with Crippen LogP contribution in [0.4, 0.5) is 0 Å². The third-order valence-corrected chi connectivity index (χ3v) is 5.39. The number of carbonyl (C=O) groups is 1. The maximum absolute atomic E-state index is 12.7. The fourth-order valence-corrected chi connectivity index (χ4v) is 3.70. The second-order valence-electron chi connectivity index (χ2n) is 6.99. The molecule has 0 aromatic carbocycles. The van der Waals surface area contributed by atoms with E-state index in [4.69, 9.17) is 9.26 Å². The van der Waals surface area contributed by atoms with Crippen molar-refractivity contribution in [2.24, 2.45) is 5.92 Å². The number of carbonyl (C=O) groups excluding carboxylic acids is 1. The van der Waals surface area contributed by atoms with Crippen molar-refractivity contribution in [2.45, 2.75) is 38.2 Å². The molecule has 1 saturated carbocycles. The number of rotatable bonds is 3. The van der Waals surface area contributed by atoms with Crippen LogP contribution in [0.15, 0.2) is 10.6 Å². The second-order valence-corrected chi connectivity index (χ2v) is 6.99. The van der Waals surface area contributed by atoms with Crippen LogP contribution in [0, 0.1) is 5.92 Å². The second kappa shape index (κ2) is 6.24. The first-order chi connectivity index (χ1) is 11.2. The van der Waals surface area contributed by atoms with Crippen LogP contribution in [0.3, 0.4) is 0 Å². The van der Waals surface area contributed by atoms with E-state index in [1.54, 1.807) is 0 Å². The van der Waals surface area contributed by atoms with E-state index in [-0.39, 0.29) is 12.0 Å². The molecule has 6 heteroatoms. The van der Waals surface area contributed by atoms with Gasteiger partial charge in [0.25, 0.3) is 5.91 Å². The Labute approximate surface area is 136 Å². The summed E-state index contributed by atoms with van der Waals surface area (Å²) >= 11 is 0. The summed E-state index contributed by atoms with van der Waals surface area (Å²) in [4.78, 5) is 17.0. The van der Waals surface area contributed by atoms with E-state index >= 15 is 0 Å². The first-order valence-electron chi connectivity index (χ1n) is 8.84. The molecular formula is C17H25N3O3. The zero-order chi connectivity index (χ0) is 15.8. The Morgan fingerprint density at radius 1 is 1.30 bits per heavy atom. The fourth-order valence-electron chi connectivity index (χ4n) is 3.70. The van der Waals surface area contributed by atoms with Crippen LogP contribution in [0.1, 0.15) is 48.4 Å². The molecule has 2 aliphatic heterocycles. The molecule has 1 amide bonds. The number of fused-ring (bicyclic) bond motifs is 1. The number of amides is 1. The third kappa shape index (κ3) is 3.15. The molecule has 2 saturated heterocycles. The molecule has 3 aliphatic rings. The van der Waals surface area contributed by atoms with Gasteiger partial charge in [-0.05, 0) is 25.8 Å². The predicted octanol–water partition coefficient (Wildman–Crippen LogP) is 1.73. The Kier molecular flexibility index (Phi) is 4.11. The fraction of sp³-hybridized carbons (Fsp3) is 0.765. The van der Waals surface area contributed by atoms with Crippen molar-refractivity contribution in [3.63, 3.8) is 0 Å². The van der Waals surface area contributed by atoms with E-state index in [1.807, 2.05) is 11.0 Å². The number of likely N-dealkylation sites (N-methyl/N-ethyl adjacent to an activating group) is 1. The van der Waals surface area contributed by atoms with Crippen molar-refractivity contribution in [3.8, 4) is 0 Å². The molecule has 6 nitrogen and oxygen atoms in total. The summed E-state index contributed by atoms with van der Waals surface area (Å²) < 4.78 is 11.3. The zero-order valence-corrected chi connectivity index (χ0v) is 13.7. The van der Waals surface area contributed by atoms with E-state index in [0.29, 0.717) is 24.1 Å². The first kappa shape index (κ1) is 15.1. The van der Waals surface area contributed by atoms with Crippen LogP contribution in [-0.4, -0.2) is 66.3 Å². The summed E-state index contributed by atoms with van der Waals surface area (Å²) in [6.07, 6.45) is 3.45. The summed E-state index contributed by atoms with van der Waals surface area (Å²) in [7, 11) is 0. The maximum Gasteiger partial charge on any atom is 0.276 e. The molecule has 0 spiro atoms. The largest absolute Gasteiger partial charge is 0.375 e. The maximum atomic E-state index is 12.7. The highest BCUT2D eigenvalue weighted by Gasteiger charge is 2.36. The van der Waals surface area contributed by atoms with Crippen molar-refractivity contribution in [2.75, 3.05) is 39.3 Å². The molecule has 1 aromatic rings. The number of aromatic nitrogens is 1. The highest BCUT2D eigenvalue weighted by atomic mass is 16.5. The lowest BCUT2D eigenvalue weighted by Crippen LogP contribution is -2.49. The lowest BCUT2D eigenvalue weighted by Gasteiger charge is -2.37. The van der Waals surface area contributed by atoms with Crippen LogP contribution in [0.2, 0.25) is 0 Å². The standard InChI is InChI=1S/C17H25N3O3/c1-2-19-7-8-22-16-11-20(6-5-13(16)10-19)17(21)14-9-15(23-18-14)12-3-4-12/h9,12-13,16H,2-8,10-11H2,1H3. The van der Waals surface area contributed by atoms with E-state index < -0.39 is 0 Å². The van der Waals surface area contributed by atoms with Gasteiger partial charge in [-0.15, -0.1) is 0 Å². The molecule has 3 heterocycles. The molecule has 0 radical (unpaired) electrons. The normalized spacial score (nSPS) is 29.2. The number of piperidine rings is 1. The van der Waals surface area contributed by atoms with E-state index in [1.165, 1.54) is 0 Å². The van der Waals surface area contributed by atoms with Gasteiger partial charge in [-0.3, -0.25) is 4.79 Å². The van der Waals surface area contributed by atoms with Gasteiger partial charge in [0.1, 0.15) is 5.76 Å². The molecular weight excluding hydrogens is 294 g/mol. The van der Waals surface area contributed by atoms with Crippen molar-refractivity contribution in [1.29, 1.82) is 0 Å². The molecule has 2 unspecified atom stereocenters. The lowest BCUT2D eigenvalue weighted by molar-refractivity contribution is -0.0173.